The summed E-state index contributed by atoms with van der Waals surface area (Å²) in [5.41, 5.74) is 0.208. The second kappa shape index (κ2) is 3.46. The van der Waals surface area contributed by atoms with Crippen LogP contribution >= 0.6 is 0 Å². The number of carbonyl (C=O) groups excluding carboxylic acids is 1. The SMILES string of the molecule is CC1(C)C(C(=O)N2CCCC2CO)C1(C)C. The van der Waals surface area contributed by atoms with Crippen molar-refractivity contribution in [2.24, 2.45) is 16.7 Å². The van der Waals surface area contributed by atoms with Crippen molar-refractivity contribution in [2.45, 2.75) is 46.6 Å². The monoisotopic (exact) mass is 225 g/mol. The van der Waals surface area contributed by atoms with Gasteiger partial charge in [-0.2, -0.15) is 0 Å². The predicted molar refractivity (Wildman–Crippen MR) is 62.9 cm³/mol. The molecule has 1 N–H and O–H groups in total. The van der Waals surface area contributed by atoms with Crippen LogP contribution in [0.4, 0.5) is 0 Å². The van der Waals surface area contributed by atoms with Crippen LogP contribution in [0.1, 0.15) is 40.5 Å². The summed E-state index contributed by atoms with van der Waals surface area (Å²) in [6.45, 7) is 9.60. The lowest BCUT2D eigenvalue weighted by molar-refractivity contribution is -0.135. The summed E-state index contributed by atoms with van der Waals surface area (Å²) in [7, 11) is 0. The van der Waals surface area contributed by atoms with Gasteiger partial charge in [0.05, 0.1) is 12.6 Å². The molecule has 0 aromatic carbocycles. The smallest absolute Gasteiger partial charge is 0.227 e. The third-order valence-electron chi connectivity index (χ3n) is 5.14. The van der Waals surface area contributed by atoms with Gasteiger partial charge >= 0.3 is 0 Å². The zero-order valence-electron chi connectivity index (χ0n) is 10.8. The summed E-state index contributed by atoms with van der Waals surface area (Å²) in [5.74, 6) is 0.388. The Morgan fingerprint density at radius 1 is 1.31 bits per heavy atom. The second-order valence-corrected chi connectivity index (χ2v) is 6.39. The van der Waals surface area contributed by atoms with Crippen molar-refractivity contribution in [3.05, 3.63) is 0 Å². The molecule has 2 rings (SSSR count). The molecule has 0 aromatic rings. The topological polar surface area (TPSA) is 40.5 Å². The van der Waals surface area contributed by atoms with E-state index in [0.717, 1.165) is 19.4 Å². The van der Waals surface area contributed by atoms with E-state index in [1.807, 2.05) is 4.90 Å². The lowest BCUT2D eigenvalue weighted by atomic mass is 10.0. The summed E-state index contributed by atoms with van der Waals surface area (Å²) in [6.07, 6.45) is 1.99. The summed E-state index contributed by atoms with van der Waals surface area (Å²) >= 11 is 0. The van der Waals surface area contributed by atoms with Crippen LogP contribution in [0.5, 0.6) is 0 Å². The van der Waals surface area contributed by atoms with Crippen LogP contribution in [0.25, 0.3) is 0 Å². The Balaban J connectivity index is 2.10. The van der Waals surface area contributed by atoms with Gasteiger partial charge in [0.15, 0.2) is 0 Å². The highest BCUT2D eigenvalue weighted by Gasteiger charge is 2.69. The lowest BCUT2D eigenvalue weighted by Gasteiger charge is -2.24. The number of carbonyl (C=O) groups is 1. The summed E-state index contributed by atoms with van der Waals surface area (Å²) in [4.78, 5) is 14.3. The third kappa shape index (κ3) is 1.41. The zero-order valence-corrected chi connectivity index (χ0v) is 10.8. The Hall–Kier alpha value is -0.570. The van der Waals surface area contributed by atoms with E-state index in [-0.39, 0.29) is 35.3 Å². The van der Waals surface area contributed by atoms with Crippen molar-refractivity contribution in [1.29, 1.82) is 0 Å². The van der Waals surface area contributed by atoms with Crippen molar-refractivity contribution in [1.82, 2.24) is 4.90 Å². The maximum absolute atomic E-state index is 12.4. The van der Waals surface area contributed by atoms with Gasteiger partial charge < -0.3 is 10.0 Å². The summed E-state index contributed by atoms with van der Waals surface area (Å²) in [5, 5.41) is 9.25. The molecule has 1 heterocycles. The standard InChI is InChI=1S/C13H23NO2/c1-12(2)10(13(12,3)4)11(16)14-7-5-6-9(14)8-15/h9-10,15H,5-8H2,1-4H3. The maximum Gasteiger partial charge on any atom is 0.227 e. The highest BCUT2D eigenvalue weighted by Crippen LogP contribution is 2.69. The van der Waals surface area contributed by atoms with Gasteiger partial charge in [-0.1, -0.05) is 27.7 Å². The van der Waals surface area contributed by atoms with Gasteiger partial charge in [0.2, 0.25) is 5.91 Å². The zero-order chi connectivity index (χ0) is 12.1. The van der Waals surface area contributed by atoms with Crippen LogP contribution in [0, 0.1) is 16.7 Å². The van der Waals surface area contributed by atoms with Crippen LogP contribution in [-0.2, 0) is 4.79 Å². The van der Waals surface area contributed by atoms with Crippen LogP contribution in [0.2, 0.25) is 0 Å². The average Bonchev–Trinajstić information content (AvgIpc) is 2.58. The maximum atomic E-state index is 12.4. The van der Waals surface area contributed by atoms with Crippen LogP contribution in [0.15, 0.2) is 0 Å². The number of likely N-dealkylation sites (tertiary alicyclic amines) is 1. The van der Waals surface area contributed by atoms with Crippen molar-refractivity contribution in [3.63, 3.8) is 0 Å². The van der Waals surface area contributed by atoms with Gasteiger partial charge in [-0.05, 0) is 23.7 Å². The van der Waals surface area contributed by atoms with Crippen LogP contribution in [-0.4, -0.2) is 35.1 Å². The molecule has 16 heavy (non-hydrogen) atoms. The Kier molecular flexibility index (Phi) is 2.57. The molecule has 0 radical (unpaired) electrons. The van der Waals surface area contributed by atoms with Gasteiger partial charge in [-0.25, -0.2) is 0 Å². The van der Waals surface area contributed by atoms with Gasteiger partial charge in [0.1, 0.15) is 0 Å². The molecule has 3 heteroatoms. The van der Waals surface area contributed by atoms with Crippen LogP contribution < -0.4 is 0 Å². The summed E-state index contributed by atoms with van der Waals surface area (Å²) in [6, 6.07) is 0.0692. The predicted octanol–water partition coefficient (Wildman–Crippen LogP) is 1.65. The number of hydrogen-bond acceptors (Lipinski definition) is 2. The highest BCUT2D eigenvalue weighted by molar-refractivity contribution is 5.84. The Labute approximate surface area is 97.8 Å². The third-order valence-corrected chi connectivity index (χ3v) is 5.14. The molecule has 1 atom stereocenters. The quantitative estimate of drug-likeness (QED) is 0.776. The Morgan fingerprint density at radius 2 is 1.88 bits per heavy atom. The van der Waals surface area contributed by atoms with Gasteiger partial charge in [-0.15, -0.1) is 0 Å². The van der Waals surface area contributed by atoms with E-state index in [1.54, 1.807) is 0 Å². The van der Waals surface area contributed by atoms with E-state index in [9.17, 15) is 9.90 Å². The first kappa shape index (κ1) is 11.9. The molecule has 1 unspecified atom stereocenters. The fourth-order valence-electron chi connectivity index (χ4n) is 3.30. The van der Waals surface area contributed by atoms with E-state index in [0.29, 0.717) is 0 Å². The molecule has 1 aliphatic carbocycles. The Morgan fingerprint density at radius 3 is 2.31 bits per heavy atom. The van der Waals surface area contributed by atoms with E-state index in [4.69, 9.17) is 0 Å². The minimum Gasteiger partial charge on any atom is -0.394 e. The molecule has 0 spiro atoms. The first-order valence-electron chi connectivity index (χ1n) is 6.25. The molecule has 1 saturated heterocycles. The molecule has 2 aliphatic rings. The molecular formula is C13H23NO2. The summed E-state index contributed by atoms with van der Waals surface area (Å²) < 4.78 is 0. The first-order chi connectivity index (χ1) is 7.34. The molecule has 92 valence electrons. The Bertz CT molecular complexity index is 295. The van der Waals surface area contributed by atoms with Gasteiger partial charge in [0, 0.05) is 12.5 Å². The molecule has 3 nitrogen and oxygen atoms in total. The number of rotatable bonds is 2. The van der Waals surface area contributed by atoms with Crippen LogP contribution in [0.3, 0.4) is 0 Å². The fourth-order valence-corrected chi connectivity index (χ4v) is 3.30. The minimum absolute atomic E-state index is 0.0692. The molecule has 0 aromatic heterocycles. The largest absolute Gasteiger partial charge is 0.394 e. The average molecular weight is 225 g/mol. The van der Waals surface area contributed by atoms with Gasteiger partial charge in [-0.3, -0.25) is 4.79 Å². The molecule has 1 saturated carbocycles. The number of aliphatic hydroxyl groups is 1. The van der Waals surface area contributed by atoms with Crippen molar-refractivity contribution >= 4 is 5.91 Å². The van der Waals surface area contributed by atoms with E-state index < -0.39 is 0 Å². The first-order valence-corrected chi connectivity index (χ1v) is 6.25. The number of aliphatic hydroxyl groups excluding tert-OH is 1. The molecule has 1 amide bonds. The van der Waals surface area contributed by atoms with Gasteiger partial charge in [0.25, 0.3) is 0 Å². The number of nitrogens with zero attached hydrogens (tertiary/aromatic N) is 1. The van der Waals surface area contributed by atoms with Crippen molar-refractivity contribution in [3.8, 4) is 0 Å². The van der Waals surface area contributed by atoms with E-state index >= 15 is 0 Å². The van der Waals surface area contributed by atoms with Crippen molar-refractivity contribution < 1.29 is 9.90 Å². The van der Waals surface area contributed by atoms with Crippen molar-refractivity contribution in [2.75, 3.05) is 13.2 Å². The normalized spacial score (nSPS) is 31.8. The molecule has 1 aliphatic heterocycles. The fraction of sp³-hybridized carbons (Fsp3) is 0.923. The molecule has 0 bridgehead atoms. The van der Waals surface area contributed by atoms with E-state index in [1.165, 1.54) is 0 Å². The number of amides is 1. The minimum atomic E-state index is 0.0692. The molecule has 2 fully saturated rings. The highest BCUT2D eigenvalue weighted by atomic mass is 16.3. The van der Waals surface area contributed by atoms with E-state index in [2.05, 4.69) is 27.7 Å². The second-order valence-electron chi connectivity index (χ2n) is 6.39. The lowest BCUT2D eigenvalue weighted by Crippen LogP contribution is -2.39. The number of hydrogen-bond donors (Lipinski definition) is 1. The molecular weight excluding hydrogens is 202 g/mol.